The van der Waals surface area contributed by atoms with Gasteiger partial charge in [-0.3, -0.25) is 0 Å². The second kappa shape index (κ2) is 4.29. The van der Waals surface area contributed by atoms with E-state index in [9.17, 15) is 0 Å². The highest BCUT2D eigenvalue weighted by Gasteiger charge is 2.01. The second-order valence-corrected chi connectivity index (χ2v) is 3.39. The van der Waals surface area contributed by atoms with Gasteiger partial charge in [0.05, 0.1) is 0 Å². The number of aromatic nitrogens is 2. The Labute approximate surface area is 89.0 Å². The monoisotopic (exact) mass is 208 g/mol. The van der Waals surface area contributed by atoms with Gasteiger partial charge in [0.1, 0.15) is 5.82 Å². The van der Waals surface area contributed by atoms with Gasteiger partial charge >= 0.3 is 0 Å². The Bertz CT molecular complexity index is 387. The number of rotatable bonds is 1. The zero-order valence-corrected chi connectivity index (χ0v) is 7.97. The fraction of sp³-hybridized carbons (Fsp3) is 0.182. The van der Waals surface area contributed by atoms with Crippen LogP contribution in [0.3, 0.4) is 0 Å². The van der Waals surface area contributed by atoms with Gasteiger partial charge in [0.2, 0.25) is 0 Å². The Morgan fingerprint density at radius 1 is 1.29 bits per heavy atom. The molecule has 1 aromatic heterocycles. The first-order valence-corrected chi connectivity index (χ1v) is 4.40. The molecule has 1 N–H and O–H groups in total. The lowest BCUT2D eigenvalue weighted by atomic mass is 10.1. The van der Waals surface area contributed by atoms with Crippen molar-refractivity contribution in [1.82, 2.24) is 9.97 Å². The van der Waals surface area contributed by atoms with Crippen molar-refractivity contribution in [2.45, 2.75) is 14.4 Å². The van der Waals surface area contributed by atoms with E-state index in [0.29, 0.717) is 0 Å². The molecule has 0 bridgehead atoms. The summed E-state index contributed by atoms with van der Waals surface area (Å²) in [6, 6.07) is 5.87. The fourth-order valence-electron chi connectivity index (χ4n) is 1.30. The highest BCUT2D eigenvalue weighted by molar-refractivity contribution is 6.30. The van der Waals surface area contributed by atoms with E-state index < -0.39 is 0 Å². The zero-order chi connectivity index (χ0) is 9.26. The highest BCUT2D eigenvalue weighted by atomic mass is 35.5. The number of H-pyrrole nitrogens is 1. The lowest BCUT2D eigenvalue weighted by molar-refractivity contribution is 1.30. The molecule has 0 aliphatic rings. The third kappa shape index (κ3) is 2.15. The van der Waals surface area contributed by atoms with Crippen molar-refractivity contribution < 1.29 is 0 Å². The van der Waals surface area contributed by atoms with Crippen LogP contribution in [0.5, 0.6) is 0 Å². The fourth-order valence-corrected chi connectivity index (χ4v) is 1.59. The van der Waals surface area contributed by atoms with E-state index in [2.05, 4.69) is 9.97 Å². The Kier molecular flexibility index (Phi) is 3.31. The van der Waals surface area contributed by atoms with Gasteiger partial charge in [-0.15, -0.1) is 0 Å². The van der Waals surface area contributed by atoms with Crippen LogP contribution in [-0.4, -0.2) is 9.97 Å². The van der Waals surface area contributed by atoms with Crippen LogP contribution in [-0.2, 0) is 0 Å². The molecule has 2 aromatic rings. The molecule has 2 nitrogen and oxygen atoms in total. The molecule has 1 aromatic carbocycles. The molecule has 0 radical (unpaired) electrons. The average molecular weight is 209 g/mol. The van der Waals surface area contributed by atoms with Gasteiger partial charge in [-0.2, -0.15) is 0 Å². The molecule has 0 saturated heterocycles. The Balaban J connectivity index is 0.000000980. The van der Waals surface area contributed by atoms with Crippen molar-refractivity contribution in [3.8, 4) is 11.4 Å². The van der Waals surface area contributed by atoms with Gasteiger partial charge in [0.25, 0.3) is 0 Å². The maximum absolute atomic E-state index is 5.93. The minimum atomic E-state index is 0. The molecule has 2 rings (SSSR count). The lowest BCUT2D eigenvalue weighted by Crippen LogP contribution is -1.82. The van der Waals surface area contributed by atoms with Crippen LogP contribution in [0.2, 0.25) is 5.02 Å². The summed E-state index contributed by atoms with van der Waals surface area (Å²) in [5, 5.41) is 0.742. The zero-order valence-electron chi connectivity index (χ0n) is 7.21. The van der Waals surface area contributed by atoms with Gasteiger partial charge in [-0.05, 0) is 30.7 Å². The minimum absolute atomic E-state index is 0. The summed E-state index contributed by atoms with van der Waals surface area (Å²) in [7, 11) is 0. The topological polar surface area (TPSA) is 28.7 Å². The normalized spacial score (nSPS) is 9.57. The van der Waals surface area contributed by atoms with Crippen molar-refractivity contribution >= 4 is 11.6 Å². The third-order valence-corrected chi connectivity index (χ3v) is 2.03. The molecule has 0 aliphatic carbocycles. The van der Waals surface area contributed by atoms with E-state index in [4.69, 9.17) is 11.6 Å². The van der Waals surface area contributed by atoms with E-state index in [1.54, 1.807) is 12.4 Å². The third-order valence-electron chi connectivity index (χ3n) is 1.81. The summed E-state index contributed by atoms with van der Waals surface area (Å²) in [5.41, 5.74) is 2.16. The number of nitrogens with one attached hydrogen (secondary N) is 1. The van der Waals surface area contributed by atoms with Crippen LogP contribution in [0.1, 0.15) is 13.0 Å². The van der Waals surface area contributed by atoms with Gasteiger partial charge in [-0.25, -0.2) is 4.98 Å². The Hall–Kier alpha value is -1.28. The van der Waals surface area contributed by atoms with Gasteiger partial charge < -0.3 is 4.98 Å². The number of aryl methyl sites for hydroxylation is 1. The predicted molar refractivity (Wildman–Crippen MR) is 60.5 cm³/mol. The van der Waals surface area contributed by atoms with Gasteiger partial charge in [-0.1, -0.05) is 19.0 Å². The minimum Gasteiger partial charge on any atom is -0.345 e. The van der Waals surface area contributed by atoms with Crippen LogP contribution >= 0.6 is 11.6 Å². The largest absolute Gasteiger partial charge is 0.345 e. The van der Waals surface area contributed by atoms with Crippen LogP contribution in [0.4, 0.5) is 0 Å². The molecule has 0 amide bonds. The van der Waals surface area contributed by atoms with Crippen LogP contribution in [0.25, 0.3) is 11.4 Å². The molecule has 14 heavy (non-hydrogen) atoms. The summed E-state index contributed by atoms with van der Waals surface area (Å²) in [6.45, 7) is 2.01. The summed E-state index contributed by atoms with van der Waals surface area (Å²) in [4.78, 5) is 7.19. The van der Waals surface area contributed by atoms with Crippen molar-refractivity contribution in [2.75, 3.05) is 0 Å². The molecule has 0 unspecified atom stereocenters. The standard InChI is InChI=1S/C10H9ClN2.CH4/c1-7-4-8(6-9(11)5-7)10-12-2-3-13-10;/h2-6H,1H3,(H,12,13);1H4. The van der Waals surface area contributed by atoms with Crippen molar-refractivity contribution in [2.24, 2.45) is 0 Å². The van der Waals surface area contributed by atoms with Crippen LogP contribution < -0.4 is 0 Å². The molecule has 3 heteroatoms. The van der Waals surface area contributed by atoms with Crippen molar-refractivity contribution in [1.29, 1.82) is 0 Å². The lowest BCUT2D eigenvalue weighted by Gasteiger charge is -1.99. The number of nitrogens with zero attached hydrogens (tertiary/aromatic N) is 1. The predicted octanol–water partition coefficient (Wildman–Crippen LogP) is 3.67. The molecule has 0 atom stereocenters. The van der Waals surface area contributed by atoms with E-state index in [-0.39, 0.29) is 7.43 Å². The molecular formula is C11H13ClN2. The molecule has 74 valence electrons. The maximum atomic E-state index is 5.93. The number of aromatic amines is 1. The van der Waals surface area contributed by atoms with E-state index >= 15 is 0 Å². The summed E-state index contributed by atoms with van der Waals surface area (Å²) in [5.74, 6) is 0.852. The summed E-state index contributed by atoms with van der Waals surface area (Å²) >= 11 is 5.93. The molecule has 0 fully saturated rings. The first-order valence-electron chi connectivity index (χ1n) is 4.02. The van der Waals surface area contributed by atoms with Gasteiger partial charge in [0, 0.05) is 23.0 Å². The molecule has 1 heterocycles. The number of hydrogen-bond donors (Lipinski definition) is 1. The second-order valence-electron chi connectivity index (χ2n) is 2.96. The van der Waals surface area contributed by atoms with Crippen molar-refractivity contribution in [3.05, 3.63) is 41.2 Å². The summed E-state index contributed by atoms with van der Waals surface area (Å²) in [6.07, 6.45) is 3.52. The smallest absolute Gasteiger partial charge is 0.137 e. The van der Waals surface area contributed by atoms with E-state index in [1.807, 2.05) is 25.1 Å². The number of halogens is 1. The molecular weight excluding hydrogens is 196 g/mol. The molecule has 0 saturated carbocycles. The van der Waals surface area contributed by atoms with Crippen LogP contribution in [0.15, 0.2) is 30.6 Å². The number of benzene rings is 1. The quantitative estimate of drug-likeness (QED) is 0.761. The van der Waals surface area contributed by atoms with Crippen LogP contribution in [0, 0.1) is 6.92 Å². The van der Waals surface area contributed by atoms with E-state index in [1.165, 1.54) is 0 Å². The van der Waals surface area contributed by atoms with E-state index in [0.717, 1.165) is 22.0 Å². The molecule has 0 spiro atoms. The SMILES string of the molecule is C.Cc1cc(Cl)cc(-c2ncc[nH]2)c1. The Morgan fingerprint density at radius 3 is 2.64 bits per heavy atom. The Morgan fingerprint density at radius 2 is 2.07 bits per heavy atom. The highest BCUT2D eigenvalue weighted by Crippen LogP contribution is 2.21. The molecule has 0 aliphatic heterocycles. The number of hydrogen-bond acceptors (Lipinski definition) is 1. The van der Waals surface area contributed by atoms with Gasteiger partial charge in [0.15, 0.2) is 0 Å². The maximum Gasteiger partial charge on any atom is 0.137 e. The number of imidazole rings is 1. The average Bonchev–Trinajstić information content (AvgIpc) is 2.53. The summed E-state index contributed by atoms with van der Waals surface area (Å²) < 4.78 is 0. The van der Waals surface area contributed by atoms with Crippen molar-refractivity contribution in [3.63, 3.8) is 0 Å². The first kappa shape index (κ1) is 10.8. The first-order chi connectivity index (χ1) is 6.25.